The van der Waals surface area contributed by atoms with Crippen molar-refractivity contribution in [2.24, 2.45) is 0 Å². The molecule has 4 heterocycles. The van der Waals surface area contributed by atoms with Crippen LogP contribution in [0.1, 0.15) is 44.2 Å². The number of carbonyl (C=O) groups excluding carboxylic acids is 1. The second-order valence-corrected chi connectivity index (χ2v) is 8.24. The molecule has 2 N–H and O–H groups in total. The highest BCUT2D eigenvalue weighted by molar-refractivity contribution is 5.88. The van der Waals surface area contributed by atoms with E-state index in [0.29, 0.717) is 41.5 Å². The van der Waals surface area contributed by atoms with Crippen molar-refractivity contribution in [1.29, 1.82) is 0 Å². The van der Waals surface area contributed by atoms with Gasteiger partial charge in [0.15, 0.2) is 0 Å². The molecule has 166 valence electrons. The van der Waals surface area contributed by atoms with Crippen LogP contribution in [0.3, 0.4) is 0 Å². The molecule has 5 rings (SSSR count). The van der Waals surface area contributed by atoms with E-state index >= 15 is 0 Å². The summed E-state index contributed by atoms with van der Waals surface area (Å²) < 4.78 is 33.5. The molecule has 2 fully saturated rings. The van der Waals surface area contributed by atoms with Crippen LogP contribution in [0.5, 0.6) is 0 Å². The molecule has 1 saturated heterocycles. The minimum absolute atomic E-state index is 0.0127. The minimum Gasteiger partial charge on any atom is -0.444 e. The second-order valence-electron chi connectivity index (χ2n) is 8.24. The Kier molecular flexibility index (Phi) is 6.04. The van der Waals surface area contributed by atoms with Crippen molar-refractivity contribution in [3.63, 3.8) is 0 Å². The number of nitrogens with one attached hydrogen (secondary N) is 2. The summed E-state index contributed by atoms with van der Waals surface area (Å²) in [5.74, 6) is -2.14. The Balaban J connectivity index is 0.000000710. The number of carbonyl (C=O) groups is 1. The average Bonchev–Trinajstić information content (AvgIpc) is 3.61. The number of halogens is 2. The van der Waals surface area contributed by atoms with E-state index in [2.05, 4.69) is 20.6 Å². The van der Waals surface area contributed by atoms with Crippen molar-refractivity contribution in [2.75, 3.05) is 29.9 Å². The largest absolute Gasteiger partial charge is 0.444 e. The molecule has 7 nitrogen and oxygen atoms in total. The fraction of sp³-hybridized carbons (Fsp3) is 0.500. The Labute approximate surface area is 180 Å². The summed E-state index contributed by atoms with van der Waals surface area (Å²) >= 11 is 0. The van der Waals surface area contributed by atoms with Crippen molar-refractivity contribution in [1.82, 2.24) is 15.3 Å². The normalized spacial score (nSPS) is 20.1. The number of aromatic nitrogens is 2. The van der Waals surface area contributed by atoms with Gasteiger partial charge in [-0.25, -0.2) is 23.5 Å². The third kappa shape index (κ3) is 5.28. The van der Waals surface area contributed by atoms with Gasteiger partial charge >= 0.3 is 6.09 Å². The number of cyclic esters (lactones) is 1. The van der Waals surface area contributed by atoms with E-state index in [1.54, 1.807) is 6.07 Å². The topological polar surface area (TPSA) is 79.4 Å². The van der Waals surface area contributed by atoms with Crippen LogP contribution in [-0.4, -0.2) is 41.7 Å². The number of fused-ring (bicyclic) bond motifs is 1. The molecule has 1 saturated carbocycles. The molecule has 1 atom stereocenters. The maximum absolute atomic E-state index is 14.2. The van der Waals surface area contributed by atoms with Crippen LogP contribution in [0, 0.1) is 0 Å². The smallest absolute Gasteiger partial charge is 0.413 e. The van der Waals surface area contributed by atoms with Gasteiger partial charge in [0.05, 0.1) is 5.69 Å². The summed E-state index contributed by atoms with van der Waals surface area (Å²) in [5, 5.41) is 5.87. The molecule has 2 aliphatic heterocycles. The van der Waals surface area contributed by atoms with Gasteiger partial charge in [0.1, 0.15) is 18.2 Å². The van der Waals surface area contributed by atoms with E-state index in [4.69, 9.17) is 4.74 Å². The molecule has 2 aromatic heterocycles. The van der Waals surface area contributed by atoms with Gasteiger partial charge in [0.25, 0.3) is 5.92 Å². The standard InChI is InChI=1S/C19H21F2N5O2.C3H6/c1-11-9-26(6-5-22-11)16-8-12(19(2,20)21)7-15(24-16)13-3-4-23-17-14(13)10-28-18(27)25-17;1-2-3-1/h3-4,7-8,11,22H,5-6,9-10H2,1-2H3,(H,23,25,27);1-3H2. The zero-order valence-corrected chi connectivity index (χ0v) is 17.8. The molecule has 1 aliphatic carbocycles. The van der Waals surface area contributed by atoms with Gasteiger partial charge in [-0.1, -0.05) is 19.3 Å². The quantitative estimate of drug-likeness (QED) is 0.755. The lowest BCUT2D eigenvalue weighted by atomic mass is 10.0. The third-order valence-electron chi connectivity index (χ3n) is 5.26. The number of nitrogens with zero attached hydrogens (tertiary/aromatic N) is 3. The van der Waals surface area contributed by atoms with E-state index in [9.17, 15) is 13.6 Å². The van der Waals surface area contributed by atoms with Crippen molar-refractivity contribution in [3.8, 4) is 11.3 Å². The van der Waals surface area contributed by atoms with Gasteiger partial charge in [-0.3, -0.25) is 5.32 Å². The molecule has 0 radical (unpaired) electrons. The summed E-state index contributed by atoms with van der Waals surface area (Å²) in [5.41, 5.74) is 1.52. The number of hydrogen-bond donors (Lipinski definition) is 2. The van der Waals surface area contributed by atoms with Gasteiger partial charge in [-0.2, -0.15) is 0 Å². The lowest BCUT2D eigenvalue weighted by Crippen LogP contribution is -2.49. The zero-order chi connectivity index (χ0) is 22.0. The molecule has 9 heteroatoms. The summed E-state index contributed by atoms with van der Waals surface area (Å²) in [6, 6.07) is 4.78. The molecule has 0 aromatic carbocycles. The predicted octanol–water partition coefficient (Wildman–Crippen LogP) is 4.29. The molecule has 0 bridgehead atoms. The lowest BCUT2D eigenvalue weighted by molar-refractivity contribution is 0.0174. The van der Waals surface area contributed by atoms with E-state index in [0.717, 1.165) is 13.5 Å². The van der Waals surface area contributed by atoms with Crippen molar-refractivity contribution in [2.45, 2.75) is 51.7 Å². The number of pyridine rings is 2. The Hall–Kier alpha value is -2.81. The number of ether oxygens (including phenoxy) is 1. The Morgan fingerprint density at radius 1 is 1.26 bits per heavy atom. The van der Waals surface area contributed by atoms with Crippen LogP contribution in [0.15, 0.2) is 24.4 Å². The highest BCUT2D eigenvalue weighted by Gasteiger charge is 2.29. The van der Waals surface area contributed by atoms with Crippen LogP contribution >= 0.6 is 0 Å². The van der Waals surface area contributed by atoms with Crippen molar-refractivity contribution in [3.05, 3.63) is 35.5 Å². The zero-order valence-electron chi connectivity index (χ0n) is 17.8. The average molecular weight is 431 g/mol. The fourth-order valence-electron chi connectivity index (χ4n) is 3.47. The molecule has 31 heavy (non-hydrogen) atoms. The summed E-state index contributed by atoms with van der Waals surface area (Å²) in [7, 11) is 0. The lowest BCUT2D eigenvalue weighted by Gasteiger charge is -2.33. The highest BCUT2D eigenvalue weighted by Crippen LogP contribution is 2.36. The SMILES string of the molecule is C1CC1.CC1CN(c2cc(C(C)(F)F)cc(-c3ccnc4c3COC(=O)N4)n2)CCN1. The molecule has 1 amide bonds. The molecular formula is C22H27F2N5O2. The Bertz CT molecular complexity index is 959. The van der Waals surface area contributed by atoms with E-state index < -0.39 is 12.0 Å². The second kappa shape index (κ2) is 8.74. The first-order valence-electron chi connectivity index (χ1n) is 10.6. The van der Waals surface area contributed by atoms with Crippen LogP contribution in [0.4, 0.5) is 25.2 Å². The van der Waals surface area contributed by atoms with Gasteiger partial charge in [0.2, 0.25) is 0 Å². The van der Waals surface area contributed by atoms with Gasteiger partial charge in [0, 0.05) is 55.5 Å². The van der Waals surface area contributed by atoms with Gasteiger partial charge in [-0.15, -0.1) is 0 Å². The monoisotopic (exact) mass is 431 g/mol. The first kappa shape index (κ1) is 21.4. The van der Waals surface area contributed by atoms with Crippen LogP contribution in [0.2, 0.25) is 0 Å². The van der Waals surface area contributed by atoms with E-state index in [-0.39, 0.29) is 18.2 Å². The Morgan fingerprint density at radius 3 is 2.71 bits per heavy atom. The van der Waals surface area contributed by atoms with Gasteiger partial charge in [-0.05, 0) is 25.1 Å². The highest BCUT2D eigenvalue weighted by atomic mass is 19.3. The molecule has 0 spiro atoms. The van der Waals surface area contributed by atoms with E-state index in [1.807, 2.05) is 11.8 Å². The minimum atomic E-state index is -3.01. The maximum Gasteiger partial charge on any atom is 0.413 e. The van der Waals surface area contributed by atoms with Crippen molar-refractivity contribution < 1.29 is 18.3 Å². The Morgan fingerprint density at radius 2 is 2.03 bits per heavy atom. The number of amides is 1. The maximum atomic E-state index is 14.2. The number of piperazine rings is 1. The predicted molar refractivity (Wildman–Crippen MR) is 114 cm³/mol. The molecule has 2 aromatic rings. The van der Waals surface area contributed by atoms with Crippen molar-refractivity contribution >= 4 is 17.7 Å². The summed E-state index contributed by atoms with van der Waals surface area (Å²) in [6.45, 7) is 5.06. The third-order valence-corrected chi connectivity index (χ3v) is 5.26. The molecule has 1 unspecified atom stereocenters. The first-order valence-corrected chi connectivity index (χ1v) is 10.6. The fourth-order valence-corrected chi connectivity index (χ4v) is 3.47. The van der Waals surface area contributed by atoms with Crippen LogP contribution < -0.4 is 15.5 Å². The van der Waals surface area contributed by atoms with Crippen LogP contribution in [-0.2, 0) is 17.3 Å². The van der Waals surface area contributed by atoms with Crippen LogP contribution in [0.25, 0.3) is 11.3 Å². The number of anilines is 2. The number of rotatable bonds is 3. The first-order chi connectivity index (χ1) is 14.8. The summed E-state index contributed by atoms with van der Waals surface area (Å²) in [6.07, 6.45) is 5.43. The summed E-state index contributed by atoms with van der Waals surface area (Å²) in [4.78, 5) is 22.3. The molecular weight excluding hydrogens is 404 g/mol. The van der Waals surface area contributed by atoms with Gasteiger partial charge < -0.3 is 15.0 Å². The van der Waals surface area contributed by atoms with E-state index in [1.165, 1.54) is 37.6 Å². The number of alkyl halides is 2. The molecule has 3 aliphatic rings. The number of hydrogen-bond acceptors (Lipinski definition) is 6.